The van der Waals surface area contributed by atoms with Gasteiger partial charge in [0.05, 0.1) is 11.5 Å². The van der Waals surface area contributed by atoms with Crippen molar-refractivity contribution in [1.82, 2.24) is 4.90 Å². The van der Waals surface area contributed by atoms with Gasteiger partial charge in [0.25, 0.3) is 0 Å². The van der Waals surface area contributed by atoms with Crippen LogP contribution in [0.3, 0.4) is 0 Å². The number of hydrogen-bond acceptors (Lipinski definition) is 4. The molecule has 4 rings (SSSR count). The van der Waals surface area contributed by atoms with Gasteiger partial charge in [-0.15, -0.1) is 0 Å². The topological polar surface area (TPSA) is 59.0 Å². The molecule has 2 aliphatic rings. The fourth-order valence-electron chi connectivity index (χ4n) is 3.76. The summed E-state index contributed by atoms with van der Waals surface area (Å²) in [5.41, 5.74) is 1.82. The van der Waals surface area contributed by atoms with Crippen molar-refractivity contribution in [3.8, 4) is 11.5 Å². The van der Waals surface area contributed by atoms with Crippen LogP contribution in [-0.4, -0.2) is 42.2 Å². The predicted molar refractivity (Wildman–Crippen MR) is 108 cm³/mol. The number of carboxylic acids is 1. The molecule has 2 aromatic carbocycles. The van der Waals surface area contributed by atoms with Crippen LogP contribution in [0.25, 0.3) is 6.08 Å². The van der Waals surface area contributed by atoms with E-state index in [1.807, 2.05) is 6.08 Å². The Kier molecular flexibility index (Phi) is 5.66. The van der Waals surface area contributed by atoms with E-state index in [-0.39, 0.29) is 18.1 Å². The lowest BCUT2D eigenvalue weighted by molar-refractivity contribution is -0.147. The Morgan fingerprint density at radius 3 is 2.71 bits per heavy atom. The number of benzene rings is 2. The molecular formula is C23H22F3NO4. The minimum Gasteiger partial charge on any atom is -0.489 e. The number of likely N-dealkylation sites (tertiary alicyclic amines) is 1. The second kappa shape index (κ2) is 8.26. The molecule has 0 spiro atoms. The fraction of sp³-hybridized carbons (Fsp3) is 0.348. The lowest BCUT2D eigenvalue weighted by atomic mass is 9.98. The number of carboxylic acid groups (broad SMARTS) is 1. The van der Waals surface area contributed by atoms with Crippen molar-refractivity contribution in [1.29, 1.82) is 0 Å². The van der Waals surface area contributed by atoms with E-state index < -0.39 is 17.7 Å². The lowest BCUT2D eigenvalue weighted by Gasteiger charge is -2.37. The summed E-state index contributed by atoms with van der Waals surface area (Å²) < 4.78 is 51.3. The molecule has 164 valence electrons. The Hall–Kier alpha value is -3.00. The Morgan fingerprint density at radius 1 is 1.23 bits per heavy atom. The van der Waals surface area contributed by atoms with Gasteiger partial charge in [-0.05, 0) is 36.8 Å². The molecule has 0 aromatic heterocycles. The van der Waals surface area contributed by atoms with Crippen LogP contribution in [-0.2, 0) is 17.6 Å². The smallest absolute Gasteiger partial charge is 0.416 e. The van der Waals surface area contributed by atoms with Crippen LogP contribution in [0, 0.1) is 12.8 Å². The van der Waals surface area contributed by atoms with E-state index in [9.17, 15) is 18.0 Å². The molecule has 2 aliphatic heterocycles. The number of ether oxygens (including phenoxy) is 2. The molecule has 8 heteroatoms. The maximum Gasteiger partial charge on any atom is 0.416 e. The van der Waals surface area contributed by atoms with E-state index in [0.29, 0.717) is 43.3 Å². The standard InChI is InChI=1S/C23H22F3NO4/c1-14-2-3-17(20(6-14)23(24,25)26)13-30-19-5-4-16-7-15(12-31-21(16)8-19)9-27-10-18(11-27)22(28)29/h2-8,18H,9-13H2,1H3,(H,28,29). The summed E-state index contributed by atoms with van der Waals surface area (Å²) in [5, 5.41) is 8.96. The normalized spacial score (nSPS) is 16.7. The van der Waals surface area contributed by atoms with Crippen molar-refractivity contribution in [2.45, 2.75) is 19.7 Å². The summed E-state index contributed by atoms with van der Waals surface area (Å²) in [6, 6.07) is 9.37. The number of aryl methyl sites for hydroxylation is 1. The summed E-state index contributed by atoms with van der Waals surface area (Å²) >= 11 is 0. The van der Waals surface area contributed by atoms with Crippen molar-refractivity contribution in [3.63, 3.8) is 0 Å². The summed E-state index contributed by atoms with van der Waals surface area (Å²) in [5.74, 6) is -0.0379. The highest BCUT2D eigenvalue weighted by atomic mass is 19.4. The maximum absolute atomic E-state index is 13.3. The molecule has 2 aromatic rings. The molecule has 0 atom stereocenters. The third kappa shape index (κ3) is 4.85. The zero-order chi connectivity index (χ0) is 22.2. The molecule has 5 nitrogen and oxygen atoms in total. The summed E-state index contributed by atoms with van der Waals surface area (Å²) in [6.45, 7) is 3.51. The van der Waals surface area contributed by atoms with Crippen molar-refractivity contribution < 1.29 is 32.5 Å². The van der Waals surface area contributed by atoms with Gasteiger partial charge in [0.2, 0.25) is 0 Å². The van der Waals surface area contributed by atoms with Gasteiger partial charge in [-0.1, -0.05) is 17.7 Å². The SMILES string of the molecule is Cc1ccc(COc2ccc3c(c2)OCC(CN2CC(C(=O)O)C2)=C3)c(C(F)(F)F)c1. The molecule has 0 aliphatic carbocycles. The predicted octanol–water partition coefficient (Wildman–Crippen LogP) is 4.39. The van der Waals surface area contributed by atoms with Gasteiger partial charge in [0.1, 0.15) is 24.7 Å². The van der Waals surface area contributed by atoms with Gasteiger partial charge in [0, 0.05) is 36.8 Å². The number of alkyl halides is 3. The minimum atomic E-state index is -4.44. The van der Waals surface area contributed by atoms with Gasteiger partial charge in [0.15, 0.2) is 0 Å². The zero-order valence-corrected chi connectivity index (χ0v) is 16.9. The van der Waals surface area contributed by atoms with Crippen LogP contribution in [0.1, 0.15) is 22.3 Å². The van der Waals surface area contributed by atoms with E-state index in [1.54, 1.807) is 31.2 Å². The maximum atomic E-state index is 13.3. The number of rotatable bonds is 6. The van der Waals surface area contributed by atoms with Crippen molar-refractivity contribution in [3.05, 3.63) is 64.2 Å². The van der Waals surface area contributed by atoms with Gasteiger partial charge in [-0.25, -0.2) is 0 Å². The first-order chi connectivity index (χ1) is 14.7. The van der Waals surface area contributed by atoms with Crippen LogP contribution < -0.4 is 9.47 Å². The molecule has 0 saturated carbocycles. The van der Waals surface area contributed by atoms with Gasteiger partial charge in [-0.2, -0.15) is 13.2 Å². The fourth-order valence-corrected chi connectivity index (χ4v) is 3.76. The van der Waals surface area contributed by atoms with Crippen LogP contribution in [0.15, 0.2) is 42.0 Å². The van der Waals surface area contributed by atoms with E-state index in [2.05, 4.69) is 4.90 Å². The molecule has 1 N–H and O–H groups in total. The third-order valence-electron chi connectivity index (χ3n) is 5.46. The Bertz CT molecular complexity index is 1030. The molecule has 0 amide bonds. The van der Waals surface area contributed by atoms with Gasteiger partial charge in [-0.3, -0.25) is 9.69 Å². The first kappa shape index (κ1) is 21.2. The first-order valence-corrected chi connectivity index (χ1v) is 9.90. The highest BCUT2D eigenvalue weighted by Gasteiger charge is 2.34. The average molecular weight is 433 g/mol. The molecule has 2 heterocycles. The highest BCUT2D eigenvalue weighted by molar-refractivity contribution is 5.71. The quantitative estimate of drug-likeness (QED) is 0.733. The largest absolute Gasteiger partial charge is 0.489 e. The van der Waals surface area contributed by atoms with Crippen LogP contribution in [0.5, 0.6) is 11.5 Å². The van der Waals surface area contributed by atoms with Gasteiger partial charge >= 0.3 is 12.1 Å². The lowest BCUT2D eigenvalue weighted by Crippen LogP contribution is -2.51. The number of carbonyl (C=O) groups is 1. The number of halogens is 3. The van der Waals surface area contributed by atoms with Crippen molar-refractivity contribution in [2.24, 2.45) is 5.92 Å². The Labute approximate surface area is 177 Å². The third-order valence-corrected chi connectivity index (χ3v) is 5.46. The molecule has 1 fully saturated rings. The zero-order valence-electron chi connectivity index (χ0n) is 16.9. The number of aliphatic carboxylic acids is 1. The highest BCUT2D eigenvalue weighted by Crippen LogP contribution is 2.35. The van der Waals surface area contributed by atoms with Crippen LogP contribution in [0.2, 0.25) is 0 Å². The summed E-state index contributed by atoms with van der Waals surface area (Å²) in [4.78, 5) is 13.0. The van der Waals surface area contributed by atoms with E-state index in [1.165, 1.54) is 6.07 Å². The van der Waals surface area contributed by atoms with Crippen LogP contribution in [0.4, 0.5) is 13.2 Å². The Morgan fingerprint density at radius 2 is 2.00 bits per heavy atom. The number of fused-ring (bicyclic) bond motifs is 1. The molecule has 0 bridgehead atoms. The molecule has 31 heavy (non-hydrogen) atoms. The van der Waals surface area contributed by atoms with Crippen LogP contribution >= 0.6 is 0 Å². The van der Waals surface area contributed by atoms with Crippen molar-refractivity contribution in [2.75, 3.05) is 26.2 Å². The van der Waals surface area contributed by atoms with E-state index in [4.69, 9.17) is 14.6 Å². The summed E-state index contributed by atoms with van der Waals surface area (Å²) in [6.07, 6.45) is -2.44. The van der Waals surface area contributed by atoms with E-state index in [0.717, 1.165) is 17.2 Å². The molecule has 0 unspecified atom stereocenters. The monoisotopic (exact) mass is 433 g/mol. The minimum absolute atomic E-state index is 0.0770. The second-order valence-electron chi connectivity index (χ2n) is 7.97. The Balaban J connectivity index is 1.40. The molecule has 0 radical (unpaired) electrons. The van der Waals surface area contributed by atoms with Crippen molar-refractivity contribution >= 4 is 12.0 Å². The first-order valence-electron chi connectivity index (χ1n) is 9.90. The second-order valence-corrected chi connectivity index (χ2v) is 7.97. The molecular weight excluding hydrogens is 411 g/mol. The number of nitrogens with zero attached hydrogens (tertiary/aromatic N) is 1. The number of hydrogen-bond donors (Lipinski definition) is 1. The summed E-state index contributed by atoms with van der Waals surface area (Å²) in [7, 11) is 0. The van der Waals surface area contributed by atoms with Gasteiger partial charge < -0.3 is 14.6 Å². The molecule has 1 saturated heterocycles. The average Bonchev–Trinajstić information content (AvgIpc) is 2.68. The van der Waals surface area contributed by atoms with E-state index >= 15 is 0 Å².